The Balaban J connectivity index is 2.55. The van der Waals surface area contributed by atoms with Crippen molar-refractivity contribution in [2.24, 2.45) is 0 Å². The van der Waals surface area contributed by atoms with Gasteiger partial charge in [0.1, 0.15) is 5.82 Å². The first-order valence-electron chi connectivity index (χ1n) is 4.28. The fourth-order valence-corrected chi connectivity index (χ4v) is 1.19. The van der Waals surface area contributed by atoms with Crippen LogP contribution in [0.2, 0.25) is 0 Å². The van der Waals surface area contributed by atoms with Gasteiger partial charge in [0.25, 0.3) is 0 Å². The number of hydrogen-bond donors (Lipinski definition) is 1. The molecule has 0 aliphatic rings. The van der Waals surface area contributed by atoms with Crippen molar-refractivity contribution in [3.63, 3.8) is 0 Å². The van der Waals surface area contributed by atoms with Gasteiger partial charge in [-0.15, -0.1) is 0 Å². The van der Waals surface area contributed by atoms with E-state index in [-0.39, 0.29) is 0 Å². The minimum atomic E-state index is 0.457. The number of rotatable bonds is 1. The molecule has 2 N–H and O–H groups in total. The third-order valence-corrected chi connectivity index (χ3v) is 1.87. The van der Waals surface area contributed by atoms with E-state index in [4.69, 9.17) is 5.73 Å². The molecule has 0 bridgehead atoms. The van der Waals surface area contributed by atoms with Crippen molar-refractivity contribution in [2.75, 3.05) is 5.73 Å². The minimum absolute atomic E-state index is 0.457. The van der Waals surface area contributed by atoms with E-state index < -0.39 is 0 Å². The Morgan fingerprint density at radius 3 is 2.71 bits per heavy atom. The molecule has 0 unspecified atom stereocenters. The summed E-state index contributed by atoms with van der Waals surface area (Å²) in [5, 5.41) is 0. The lowest BCUT2D eigenvalue weighted by Crippen LogP contribution is -1.97. The van der Waals surface area contributed by atoms with Crippen molar-refractivity contribution in [1.29, 1.82) is 0 Å². The molecular weight excluding hydrogens is 176 g/mol. The van der Waals surface area contributed by atoms with Crippen molar-refractivity contribution in [3.8, 4) is 11.4 Å². The Labute approximate surface area is 81.9 Å². The Morgan fingerprint density at radius 1 is 1.14 bits per heavy atom. The van der Waals surface area contributed by atoms with Crippen LogP contribution in [0.3, 0.4) is 0 Å². The third-order valence-electron chi connectivity index (χ3n) is 1.87. The summed E-state index contributed by atoms with van der Waals surface area (Å²) in [7, 11) is 0. The van der Waals surface area contributed by atoms with E-state index in [2.05, 4.69) is 15.0 Å². The predicted molar refractivity (Wildman–Crippen MR) is 54.4 cm³/mol. The van der Waals surface area contributed by atoms with Crippen LogP contribution < -0.4 is 5.73 Å². The number of nitrogens with two attached hydrogens (primary N) is 1. The van der Waals surface area contributed by atoms with E-state index in [0.29, 0.717) is 11.6 Å². The third kappa shape index (κ3) is 1.54. The first-order valence-corrected chi connectivity index (χ1v) is 4.28. The summed E-state index contributed by atoms with van der Waals surface area (Å²) >= 11 is 0. The molecule has 4 nitrogen and oxygen atoms in total. The number of anilines is 1. The van der Waals surface area contributed by atoms with Gasteiger partial charge in [0, 0.05) is 18.1 Å². The van der Waals surface area contributed by atoms with Crippen molar-refractivity contribution < 1.29 is 0 Å². The molecule has 14 heavy (non-hydrogen) atoms. The van der Waals surface area contributed by atoms with E-state index in [1.54, 1.807) is 12.4 Å². The lowest BCUT2D eigenvalue weighted by atomic mass is 10.2. The van der Waals surface area contributed by atoms with Crippen LogP contribution in [0.15, 0.2) is 30.6 Å². The summed E-state index contributed by atoms with van der Waals surface area (Å²) in [5.74, 6) is 1.08. The molecule has 70 valence electrons. The van der Waals surface area contributed by atoms with Crippen LogP contribution in [-0.4, -0.2) is 15.0 Å². The SMILES string of the molecule is Cc1ccnc(-c2cccnc2N)n1. The van der Waals surface area contributed by atoms with Gasteiger partial charge in [-0.2, -0.15) is 0 Å². The molecule has 0 aliphatic heterocycles. The molecule has 2 heterocycles. The number of aryl methyl sites for hydroxylation is 1. The second kappa shape index (κ2) is 3.41. The van der Waals surface area contributed by atoms with Crippen LogP contribution in [0.25, 0.3) is 11.4 Å². The average molecular weight is 186 g/mol. The highest BCUT2D eigenvalue weighted by atomic mass is 14.9. The number of aromatic nitrogens is 3. The van der Waals surface area contributed by atoms with Crippen LogP contribution in [0.5, 0.6) is 0 Å². The van der Waals surface area contributed by atoms with Gasteiger partial charge in [0.15, 0.2) is 5.82 Å². The zero-order chi connectivity index (χ0) is 9.97. The number of pyridine rings is 1. The Kier molecular flexibility index (Phi) is 2.10. The summed E-state index contributed by atoms with van der Waals surface area (Å²) in [6, 6.07) is 5.52. The molecule has 0 radical (unpaired) electrons. The average Bonchev–Trinajstić information content (AvgIpc) is 2.18. The first kappa shape index (κ1) is 8.62. The van der Waals surface area contributed by atoms with Crippen LogP contribution in [0.1, 0.15) is 5.69 Å². The van der Waals surface area contributed by atoms with Crippen LogP contribution in [-0.2, 0) is 0 Å². The van der Waals surface area contributed by atoms with E-state index in [0.717, 1.165) is 11.3 Å². The summed E-state index contributed by atoms with van der Waals surface area (Å²) in [6.45, 7) is 1.91. The Bertz CT molecular complexity index is 453. The molecule has 2 rings (SSSR count). The van der Waals surface area contributed by atoms with Gasteiger partial charge in [0.05, 0.1) is 5.56 Å². The zero-order valence-electron chi connectivity index (χ0n) is 7.81. The fourth-order valence-electron chi connectivity index (χ4n) is 1.19. The molecule has 2 aromatic rings. The zero-order valence-corrected chi connectivity index (χ0v) is 7.81. The molecule has 0 saturated carbocycles. The summed E-state index contributed by atoms with van der Waals surface area (Å²) in [4.78, 5) is 12.4. The van der Waals surface area contributed by atoms with Gasteiger partial charge in [-0.05, 0) is 25.1 Å². The molecule has 0 fully saturated rings. The van der Waals surface area contributed by atoms with E-state index >= 15 is 0 Å². The standard InChI is InChI=1S/C10H10N4/c1-7-4-6-13-10(14-7)8-3-2-5-12-9(8)11/h2-6H,1H3,(H2,11,12). The maximum atomic E-state index is 5.71. The van der Waals surface area contributed by atoms with E-state index in [1.807, 2.05) is 25.1 Å². The lowest BCUT2D eigenvalue weighted by molar-refractivity contribution is 1.11. The molecule has 0 saturated heterocycles. The Morgan fingerprint density at radius 2 is 2.00 bits per heavy atom. The lowest BCUT2D eigenvalue weighted by Gasteiger charge is -2.02. The van der Waals surface area contributed by atoms with Crippen LogP contribution in [0.4, 0.5) is 5.82 Å². The second-order valence-corrected chi connectivity index (χ2v) is 2.96. The molecular formula is C10H10N4. The molecule has 0 spiro atoms. The molecule has 4 heteroatoms. The maximum absolute atomic E-state index is 5.71. The predicted octanol–water partition coefficient (Wildman–Crippen LogP) is 1.43. The largest absolute Gasteiger partial charge is 0.383 e. The summed E-state index contributed by atoms with van der Waals surface area (Å²) in [6.07, 6.45) is 3.36. The number of nitrogens with zero attached hydrogens (tertiary/aromatic N) is 3. The quantitative estimate of drug-likeness (QED) is 0.731. The van der Waals surface area contributed by atoms with E-state index in [9.17, 15) is 0 Å². The molecule has 0 amide bonds. The smallest absolute Gasteiger partial charge is 0.163 e. The molecule has 0 atom stereocenters. The summed E-state index contributed by atoms with van der Waals surface area (Å²) in [5.41, 5.74) is 7.40. The molecule has 0 aromatic carbocycles. The molecule has 0 aliphatic carbocycles. The minimum Gasteiger partial charge on any atom is -0.383 e. The highest BCUT2D eigenvalue weighted by molar-refractivity contribution is 5.67. The van der Waals surface area contributed by atoms with Crippen molar-refractivity contribution >= 4 is 5.82 Å². The number of hydrogen-bond acceptors (Lipinski definition) is 4. The highest BCUT2D eigenvalue weighted by Crippen LogP contribution is 2.19. The van der Waals surface area contributed by atoms with E-state index in [1.165, 1.54) is 0 Å². The number of nitrogen functional groups attached to an aromatic ring is 1. The van der Waals surface area contributed by atoms with Crippen molar-refractivity contribution in [2.45, 2.75) is 6.92 Å². The topological polar surface area (TPSA) is 64.7 Å². The monoisotopic (exact) mass is 186 g/mol. The van der Waals surface area contributed by atoms with Crippen LogP contribution in [0, 0.1) is 6.92 Å². The maximum Gasteiger partial charge on any atom is 0.163 e. The summed E-state index contributed by atoms with van der Waals surface area (Å²) < 4.78 is 0. The highest BCUT2D eigenvalue weighted by Gasteiger charge is 2.04. The van der Waals surface area contributed by atoms with Gasteiger partial charge < -0.3 is 5.73 Å². The Hall–Kier alpha value is -1.97. The van der Waals surface area contributed by atoms with Gasteiger partial charge in [0.2, 0.25) is 0 Å². The van der Waals surface area contributed by atoms with Crippen molar-refractivity contribution in [1.82, 2.24) is 15.0 Å². The van der Waals surface area contributed by atoms with Crippen molar-refractivity contribution in [3.05, 3.63) is 36.3 Å². The van der Waals surface area contributed by atoms with Crippen LogP contribution >= 0.6 is 0 Å². The van der Waals surface area contributed by atoms with Gasteiger partial charge in [-0.3, -0.25) is 0 Å². The first-order chi connectivity index (χ1) is 6.77. The normalized spacial score (nSPS) is 10.1. The van der Waals surface area contributed by atoms with Gasteiger partial charge in [-0.25, -0.2) is 15.0 Å². The second-order valence-electron chi connectivity index (χ2n) is 2.96. The fraction of sp³-hybridized carbons (Fsp3) is 0.100. The van der Waals surface area contributed by atoms with Gasteiger partial charge in [-0.1, -0.05) is 0 Å². The van der Waals surface area contributed by atoms with Gasteiger partial charge >= 0.3 is 0 Å². The molecule has 2 aromatic heterocycles.